The van der Waals surface area contributed by atoms with Crippen LogP contribution in [0.5, 0.6) is 0 Å². The topological polar surface area (TPSA) is 103 Å². The van der Waals surface area contributed by atoms with E-state index in [1.807, 2.05) is 44.0 Å². The van der Waals surface area contributed by atoms with Gasteiger partial charge in [0, 0.05) is 30.9 Å². The maximum absolute atomic E-state index is 13.0. The van der Waals surface area contributed by atoms with Crippen LogP contribution in [0, 0.1) is 12.8 Å². The molecular weight excluding hydrogens is 406 g/mol. The molecule has 2 aromatic rings. The SMILES string of the molecule is Cc1ccc(NC2CCN(C(=O)c3ccc([C@@]4(C(C)C)NC(=O)NC4=O)cc3)CC2)nc1. The smallest absolute Gasteiger partial charge is 0.322 e. The van der Waals surface area contributed by atoms with E-state index in [1.54, 1.807) is 24.3 Å². The molecule has 8 heteroatoms. The number of amides is 4. The van der Waals surface area contributed by atoms with E-state index < -0.39 is 11.6 Å². The van der Waals surface area contributed by atoms with Crippen LogP contribution in [0.1, 0.15) is 48.2 Å². The zero-order chi connectivity index (χ0) is 22.9. The largest absolute Gasteiger partial charge is 0.367 e. The molecule has 0 unspecified atom stereocenters. The highest BCUT2D eigenvalue weighted by atomic mass is 16.2. The van der Waals surface area contributed by atoms with Crippen LogP contribution in [0.15, 0.2) is 42.6 Å². The summed E-state index contributed by atoms with van der Waals surface area (Å²) in [5, 5.41) is 8.54. The Kier molecular flexibility index (Phi) is 5.86. The third kappa shape index (κ3) is 4.04. The van der Waals surface area contributed by atoms with Gasteiger partial charge in [0.15, 0.2) is 0 Å². The number of nitrogens with one attached hydrogen (secondary N) is 3. The average Bonchev–Trinajstić information content (AvgIpc) is 3.10. The third-order valence-corrected chi connectivity index (χ3v) is 6.39. The number of rotatable bonds is 5. The Balaban J connectivity index is 1.40. The summed E-state index contributed by atoms with van der Waals surface area (Å²) >= 11 is 0. The number of hydrogen-bond acceptors (Lipinski definition) is 5. The Hall–Kier alpha value is -3.42. The van der Waals surface area contributed by atoms with Gasteiger partial charge < -0.3 is 15.5 Å². The van der Waals surface area contributed by atoms with Gasteiger partial charge in [0.2, 0.25) is 0 Å². The number of piperidine rings is 1. The summed E-state index contributed by atoms with van der Waals surface area (Å²) in [5.74, 6) is 0.319. The number of imide groups is 1. The third-order valence-electron chi connectivity index (χ3n) is 6.39. The summed E-state index contributed by atoms with van der Waals surface area (Å²) < 4.78 is 0. The van der Waals surface area contributed by atoms with Crippen molar-refractivity contribution < 1.29 is 14.4 Å². The fourth-order valence-corrected chi connectivity index (χ4v) is 4.46. The van der Waals surface area contributed by atoms with Gasteiger partial charge in [0.05, 0.1) is 0 Å². The first-order valence-corrected chi connectivity index (χ1v) is 11.0. The molecule has 2 fully saturated rings. The predicted molar refractivity (Wildman–Crippen MR) is 121 cm³/mol. The van der Waals surface area contributed by atoms with Gasteiger partial charge >= 0.3 is 6.03 Å². The summed E-state index contributed by atoms with van der Waals surface area (Å²) in [5.41, 5.74) is 1.24. The van der Waals surface area contributed by atoms with Gasteiger partial charge in [0.25, 0.3) is 11.8 Å². The highest BCUT2D eigenvalue weighted by Crippen LogP contribution is 2.33. The lowest BCUT2D eigenvalue weighted by Gasteiger charge is -2.33. The quantitative estimate of drug-likeness (QED) is 0.627. The molecule has 3 heterocycles. The van der Waals surface area contributed by atoms with Crippen LogP contribution in [-0.2, 0) is 10.3 Å². The molecule has 3 N–H and O–H groups in total. The number of aryl methyl sites for hydroxylation is 1. The van der Waals surface area contributed by atoms with Gasteiger partial charge in [-0.15, -0.1) is 0 Å². The van der Waals surface area contributed by atoms with Gasteiger partial charge in [-0.05, 0) is 55.0 Å². The number of urea groups is 1. The second-order valence-corrected chi connectivity index (χ2v) is 8.88. The number of aromatic nitrogens is 1. The molecule has 0 aliphatic carbocycles. The van der Waals surface area contributed by atoms with Crippen LogP contribution < -0.4 is 16.0 Å². The molecule has 2 aliphatic rings. The highest BCUT2D eigenvalue weighted by molar-refractivity contribution is 6.07. The van der Waals surface area contributed by atoms with Gasteiger partial charge in [0.1, 0.15) is 11.4 Å². The van der Waals surface area contributed by atoms with E-state index in [0.29, 0.717) is 24.2 Å². The molecular formula is C24H29N5O3. The van der Waals surface area contributed by atoms with Crippen molar-refractivity contribution in [3.8, 4) is 0 Å². The number of anilines is 1. The molecule has 0 spiro atoms. The second kappa shape index (κ2) is 8.61. The first-order valence-electron chi connectivity index (χ1n) is 11.0. The molecule has 0 saturated carbocycles. The van der Waals surface area contributed by atoms with Crippen LogP contribution in [-0.4, -0.2) is 46.9 Å². The van der Waals surface area contributed by atoms with E-state index in [2.05, 4.69) is 20.9 Å². The number of carbonyl (C=O) groups excluding carboxylic acids is 3. The minimum atomic E-state index is -1.12. The molecule has 2 aliphatic heterocycles. The van der Waals surface area contributed by atoms with Gasteiger partial charge in [-0.1, -0.05) is 32.0 Å². The van der Waals surface area contributed by atoms with E-state index in [9.17, 15) is 14.4 Å². The molecule has 4 amide bonds. The fourth-order valence-electron chi connectivity index (χ4n) is 4.46. The molecule has 168 valence electrons. The number of carbonyl (C=O) groups is 3. The standard InChI is InChI=1S/C24H29N5O3/c1-15(2)24(22(31)27-23(32)28-24)18-7-5-17(6-8-18)21(30)29-12-10-19(11-13-29)26-20-9-4-16(3)14-25-20/h4-9,14-15,19H,10-13H2,1-3H3,(H,25,26)(H2,27,28,31,32)/t24-/m1/s1. The maximum Gasteiger partial charge on any atom is 0.322 e. The zero-order valence-electron chi connectivity index (χ0n) is 18.6. The van der Waals surface area contributed by atoms with Crippen LogP contribution >= 0.6 is 0 Å². The number of nitrogens with zero attached hydrogens (tertiary/aromatic N) is 2. The van der Waals surface area contributed by atoms with Crippen LogP contribution in [0.2, 0.25) is 0 Å². The minimum absolute atomic E-state index is 0.0260. The van der Waals surface area contributed by atoms with E-state index in [4.69, 9.17) is 0 Å². The van der Waals surface area contributed by atoms with Crippen LogP contribution in [0.25, 0.3) is 0 Å². The van der Waals surface area contributed by atoms with Crippen LogP contribution in [0.4, 0.5) is 10.6 Å². The molecule has 32 heavy (non-hydrogen) atoms. The predicted octanol–water partition coefficient (Wildman–Crippen LogP) is 2.80. The molecule has 0 bridgehead atoms. The lowest BCUT2D eigenvalue weighted by Crippen LogP contribution is -2.48. The minimum Gasteiger partial charge on any atom is -0.367 e. The van der Waals surface area contributed by atoms with Crippen molar-refractivity contribution in [2.45, 2.75) is 45.2 Å². The average molecular weight is 436 g/mol. The van der Waals surface area contributed by atoms with E-state index in [0.717, 1.165) is 24.2 Å². The maximum atomic E-state index is 13.0. The number of hydrogen-bond donors (Lipinski definition) is 3. The number of pyridine rings is 1. The lowest BCUT2D eigenvalue weighted by molar-refractivity contribution is -0.125. The summed E-state index contributed by atoms with van der Waals surface area (Å²) in [6.45, 7) is 7.11. The second-order valence-electron chi connectivity index (χ2n) is 8.88. The Morgan fingerprint density at radius 1 is 1.12 bits per heavy atom. The molecule has 1 aromatic heterocycles. The summed E-state index contributed by atoms with van der Waals surface area (Å²) in [4.78, 5) is 43.6. The van der Waals surface area contributed by atoms with Crippen molar-refractivity contribution in [1.29, 1.82) is 0 Å². The summed E-state index contributed by atoms with van der Waals surface area (Å²) in [7, 11) is 0. The van der Waals surface area contributed by atoms with Crippen molar-refractivity contribution in [2.75, 3.05) is 18.4 Å². The Labute approximate surface area is 187 Å². The Morgan fingerprint density at radius 3 is 2.34 bits per heavy atom. The van der Waals surface area contributed by atoms with E-state index in [1.165, 1.54) is 0 Å². The van der Waals surface area contributed by atoms with Crippen molar-refractivity contribution in [3.05, 3.63) is 59.3 Å². The van der Waals surface area contributed by atoms with Crippen LogP contribution in [0.3, 0.4) is 0 Å². The molecule has 0 radical (unpaired) electrons. The van der Waals surface area contributed by atoms with Gasteiger partial charge in [-0.2, -0.15) is 0 Å². The molecule has 2 saturated heterocycles. The van der Waals surface area contributed by atoms with Crippen molar-refractivity contribution >= 4 is 23.7 Å². The van der Waals surface area contributed by atoms with Gasteiger partial charge in [-0.3, -0.25) is 14.9 Å². The normalized spacial score (nSPS) is 21.4. The first kappa shape index (κ1) is 21.8. The van der Waals surface area contributed by atoms with Crippen molar-refractivity contribution in [2.24, 2.45) is 5.92 Å². The van der Waals surface area contributed by atoms with Crippen molar-refractivity contribution in [3.63, 3.8) is 0 Å². The zero-order valence-corrected chi connectivity index (χ0v) is 18.6. The monoisotopic (exact) mass is 435 g/mol. The van der Waals surface area contributed by atoms with Gasteiger partial charge in [-0.25, -0.2) is 9.78 Å². The molecule has 8 nitrogen and oxygen atoms in total. The van der Waals surface area contributed by atoms with E-state index in [-0.39, 0.29) is 23.8 Å². The number of benzene rings is 1. The Morgan fingerprint density at radius 2 is 1.81 bits per heavy atom. The summed E-state index contributed by atoms with van der Waals surface area (Å²) in [6, 6.07) is 10.8. The lowest BCUT2D eigenvalue weighted by atomic mass is 9.79. The highest BCUT2D eigenvalue weighted by Gasteiger charge is 2.50. The number of likely N-dealkylation sites (tertiary alicyclic amines) is 1. The van der Waals surface area contributed by atoms with Crippen molar-refractivity contribution in [1.82, 2.24) is 20.5 Å². The molecule has 1 aromatic carbocycles. The Bertz CT molecular complexity index is 1010. The summed E-state index contributed by atoms with van der Waals surface area (Å²) in [6.07, 6.45) is 3.54. The first-order chi connectivity index (χ1) is 15.3. The van der Waals surface area contributed by atoms with E-state index >= 15 is 0 Å². The molecule has 4 rings (SSSR count). The molecule has 1 atom stereocenters. The fraction of sp³-hybridized carbons (Fsp3) is 0.417.